The number of thioether (sulfide) groups is 1. The highest BCUT2D eigenvalue weighted by Crippen LogP contribution is 2.38. The van der Waals surface area contributed by atoms with Crippen molar-refractivity contribution in [3.05, 3.63) is 17.8 Å². The van der Waals surface area contributed by atoms with Crippen LogP contribution in [0, 0.1) is 5.92 Å². The second-order valence-corrected chi connectivity index (χ2v) is 9.45. The normalized spacial score (nSPS) is 24.6. The minimum atomic E-state index is -2.79. The lowest BCUT2D eigenvalue weighted by molar-refractivity contribution is -0.138. The maximum atomic E-state index is 13.3. The number of carbonyl (C=O) groups is 4. The van der Waals surface area contributed by atoms with E-state index in [2.05, 4.69) is 10.3 Å². The summed E-state index contributed by atoms with van der Waals surface area (Å²) in [6, 6.07) is 2.79. The fraction of sp³-hybridized carbons (Fsp3) is 0.550. The van der Waals surface area contributed by atoms with Gasteiger partial charge in [-0.25, -0.2) is 13.8 Å². The Morgan fingerprint density at radius 2 is 2.00 bits per heavy atom. The number of alkyl halides is 2. The molecule has 172 valence electrons. The minimum absolute atomic E-state index is 0.0469. The standard InChI is InChI=1S/C20H22F2N4O5S/c21-20(22)9-26(10-20)13-4-3-12(24-17(13)31-8-11-1-2-11)16(29)25-19(7-14(23)27)5-6-32-18(30)15(19)28/h3-4,11H,1-2,5-10H2,(H2,23,27)(H,25,29). The van der Waals surface area contributed by atoms with E-state index in [-0.39, 0.29) is 23.7 Å². The largest absolute Gasteiger partial charge is 0.476 e. The number of nitrogens with two attached hydrogens (primary N) is 1. The minimum Gasteiger partial charge on any atom is -0.476 e. The van der Waals surface area contributed by atoms with Gasteiger partial charge >= 0.3 is 0 Å². The third-order valence-electron chi connectivity index (χ3n) is 5.62. The van der Waals surface area contributed by atoms with E-state index in [0.29, 0.717) is 18.2 Å². The third-order valence-corrected chi connectivity index (χ3v) is 6.48. The molecule has 2 saturated heterocycles. The van der Waals surface area contributed by atoms with E-state index in [1.54, 1.807) is 0 Å². The molecule has 0 bridgehead atoms. The number of anilines is 1. The van der Waals surface area contributed by atoms with Crippen LogP contribution in [0.1, 0.15) is 36.2 Å². The van der Waals surface area contributed by atoms with E-state index in [1.165, 1.54) is 17.0 Å². The van der Waals surface area contributed by atoms with Crippen LogP contribution in [0.4, 0.5) is 14.5 Å². The number of hydrogen-bond donors (Lipinski definition) is 2. The average molecular weight is 468 g/mol. The Hall–Kier alpha value is -2.76. The number of amides is 2. The van der Waals surface area contributed by atoms with Crippen molar-refractivity contribution >= 4 is 40.2 Å². The van der Waals surface area contributed by atoms with E-state index in [1.807, 2.05) is 0 Å². The first-order chi connectivity index (χ1) is 15.1. The number of primary amides is 1. The van der Waals surface area contributed by atoms with Gasteiger partial charge < -0.3 is 20.7 Å². The van der Waals surface area contributed by atoms with Crippen LogP contribution in [0.25, 0.3) is 0 Å². The summed E-state index contributed by atoms with van der Waals surface area (Å²) in [5, 5.41) is 1.72. The van der Waals surface area contributed by atoms with Gasteiger partial charge in [-0.15, -0.1) is 0 Å². The predicted molar refractivity (Wildman–Crippen MR) is 111 cm³/mol. The number of carbonyl (C=O) groups excluding carboxylic acids is 4. The molecule has 1 aromatic rings. The van der Waals surface area contributed by atoms with Crippen LogP contribution in [0.2, 0.25) is 0 Å². The van der Waals surface area contributed by atoms with Gasteiger partial charge in [0.1, 0.15) is 16.9 Å². The van der Waals surface area contributed by atoms with Crippen molar-refractivity contribution in [2.45, 2.75) is 37.1 Å². The van der Waals surface area contributed by atoms with E-state index in [9.17, 15) is 28.0 Å². The smallest absolute Gasteiger partial charge is 0.282 e. The molecule has 0 aromatic carbocycles. The molecular formula is C20H22F2N4O5S. The van der Waals surface area contributed by atoms with Crippen molar-refractivity contribution in [2.24, 2.45) is 11.7 Å². The molecule has 2 aliphatic heterocycles. The number of nitrogens with one attached hydrogen (secondary N) is 1. The van der Waals surface area contributed by atoms with Gasteiger partial charge in [0.2, 0.25) is 17.6 Å². The molecule has 0 spiro atoms. The molecule has 1 atom stereocenters. The Morgan fingerprint density at radius 3 is 2.62 bits per heavy atom. The first-order valence-corrected chi connectivity index (χ1v) is 11.2. The number of nitrogens with zero attached hydrogens (tertiary/aromatic N) is 2. The summed E-state index contributed by atoms with van der Waals surface area (Å²) < 4.78 is 32.4. The Labute approximate surface area is 186 Å². The molecule has 3 aliphatic rings. The highest BCUT2D eigenvalue weighted by molar-refractivity contribution is 8.15. The van der Waals surface area contributed by atoms with Gasteiger partial charge in [-0.2, -0.15) is 0 Å². The molecule has 9 nitrogen and oxygen atoms in total. The van der Waals surface area contributed by atoms with Crippen LogP contribution < -0.4 is 20.7 Å². The zero-order valence-electron chi connectivity index (χ0n) is 17.1. The second kappa shape index (κ2) is 8.30. The molecule has 0 radical (unpaired) electrons. The van der Waals surface area contributed by atoms with Crippen LogP contribution in [-0.2, 0) is 14.4 Å². The monoisotopic (exact) mass is 468 g/mol. The summed E-state index contributed by atoms with van der Waals surface area (Å²) >= 11 is 0.816. The molecular weight excluding hydrogens is 446 g/mol. The summed E-state index contributed by atoms with van der Waals surface area (Å²) in [7, 11) is 0. The highest BCUT2D eigenvalue weighted by Gasteiger charge is 2.48. The van der Waals surface area contributed by atoms with Gasteiger partial charge in [-0.1, -0.05) is 11.8 Å². The van der Waals surface area contributed by atoms with Gasteiger partial charge in [-0.05, 0) is 37.3 Å². The van der Waals surface area contributed by atoms with Crippen molar-refractivity contribution in [3.8, 4) is 5.88 Å². The molecule has 12 heteroatoms. The van der Waals surface area contributed by atoms with Crippen LogP contribution in [-0.4, -0.2) is 64.6 Å². The Kier molecular flexibility index (Phi) is 5.82. The van der Waals surface area contributed by atoms with Gasteiger partial charge in [-0.3, -0.25) is 19.2 Å². The number of hydrogen-bond acceptors (Lipinski definition) is 8. The van der Waals surface area contributed by atoms with Crippen molar-refractivity contribution < 1.29 is 32.7 Å². The summed E-state index contributed by atoms with van der Waals surface area (Å²) in [6.45, 7) is -0.600. The topological polar surface area (TPSA) is 132 Å². The molecule has 1 unspecified atom stereocenters. The summed E-state index contributed by atoms with van der Waals surface area (Å²) in [5.74, 6) is -4.68. The highest BCUT2D eigenvalue weighted by atomic mass is 32.2. The number of ether oxygens (including phenoxy) is 1. The quantitative estimate of drug-likeness (QED) is 0.538. The lowest BCUT2D eigenvalue weighted by atomic mass is 9.86. The molecule has 1 aliphatic carbocycles. The number of halogens is 2. The van der Waals surface area contributed by atoms with Crippen molar-refractivity contribution in [3.63, 3.8) is 0 Å². The maximum Gasteiger partial charge on any atom is 0.282 e. The van der Waals surface area contributed by atoms with E-state index < -0.39 is 53.7 Å². The zero-order chi connectivity index (χ0) is 23.1. The zero-order valence-corrected chi connectivity index (χ0v) is 17.9. The number of rotatable bonds is 8. The molecule has 1 aromatic heterocycles. The van der Waals surface area contributed by atoms with E-state index in [4.69, 9.17) is 10.5 Å². The van der Waals surface area contributed by atoms with E-state index >= 15 is 0 Å². The Balaban J connectivity index is 1.57. The van der Waals surface area contributed by atoms with Crippen molar-refractivity contribution in [1.82, 2.24) is 10.3 Å². The number of aromatic nitrogens is 1. The number of Topliss-reactive ketones (excluding diaryl/α,β-unsaturated/α-hetero) is 1. The summed E-state index contributed by atoms with van der Waals surface area (Å²) in [5.41, 5.74) is 3.74. The molecule has 3 N–H and O–H groups in total. The summed E-state index contributed by atoms with van der Waals surface area (Å²) in [4.78, 5) is 54.6. The molecule has 2 amide bonds. The van der Waals surface area contributed by atoms with E-state index in [0.717, 1.165) is 24.6 Å². The summed E-state index contributed by atoms with van der Waals surface area (Å²) in [6.07, 6.45) is 1.54. The Morgan fingerprint density at radius 1 is 1.28 bits per heavy atom. The maximum absolute atomic E-state index is 13.3. The molecule has 32 heavy (non-hydrogen) atoms. The van der Waals surface area contributed by atoms with Crippen LogP contribution >= 0.6 is 11.8 Å². The molecule has 3 heterocycles. The van der Waals surface area contributed by atoms with Gasteiger partial charge in [0.05, 0.1) is 26.1 Å². The van der Waals surface area contributed by atoms with Crippen molar-refractivity contribution in [2.75, 3.05) is 30.3 Å². The fourth-order valence-electron chi connectivity index (χ4n) is 3.67. The molecule has 3 fully saturated rings. The lowest BCUT2D eigenvalue weighted by Gasteiger charge is -2.40. The molecule has 1 saturated carbocycles. The van der Waals surface area contributed by atoms with Crippen LogP contribution in [0.3, 0.4) is 0 Å². The van der Waals surface area contributed by atoms with Crippen LogP contribution in [0.5, 0.6) is 5.88 Å². The number of ketones is 1. The molecule has 4 rings (SSSR count). The van der Waals surface area contributed by atoms with Gasteiger partial charge in [0.25, 0.3) is 16.9 Å². The number of pyridine rings is 1. The lowest BCUT2D eigenvalue weighted by Crippen LogP contribution is -2.60. The Bertz CT molecular complexity index is 979. The first-order valence-electron chi connectivity index (χ1n) is 10.2. The average Bonchev–Trinajstić information content (AvgIpc) is 3.52. The fourth-order valence-corrected chi connectivity index (χ4v) is 4.64. The van der Waals surface area contributed by atoms with Gasteiger partial charge in [0.15, 0.2) is 0 Å². The SMILES string of the molecule is NC(=O)CC1(NC(=O)c2ccc(N3CC(F)(F)C3)c(OCC3CC3)n2)CCSC(=O)C1=O. The third kappa shape index (κ3) is 4.69. The predicted octanol–water partition coefficient (Wildman–Crippen LogP) is 0.902. The van der Waals surface area contributed by atoms with Crippen molar-refractivity contribution in [1.29, 1.82) is 0 Å². The second-order valence-electron chi connectivity index (χ2n) is 8.38. The van der Waals surface area contributed by atoms with Crippen LogP contribution in [0.15, 0.2) is 12.1 Å². The van der Waals surface area contributed by atoms with Gasteiger partial charge in [0, 0.05) is 5.75 Å². The first kappa shape index (κ1) is 22.4.